The Hall–Kier alpha value is -0.340. The largest absolute Gasteiger partial charge is 0.0825 e. The van der Waals surface area contributed by atoms with E-state index in [4.69, 9.17) is 12.2 Å². The SMILES string of the molecule is CCCC(=S)Sc1ccccc1C. The monoisotopic (exact) mass is 210 g/mol. The van der Waals surface area contributed by atoms with Gasteiger partial charge < -0.3 is 0 Å². The molecule has 13 heavy (non-hydrogen) atoms. The first-order valence-corrected chi connectivity index (χ1v) is 5.73. The molecule has 0 aliphatic carbocycles. The fraction of sp³-hybridized carbons (Fsp3) is 0.364. The van der Waals surface area contributed by atoms with Crippen LogP contribution in [0.2, 0.25) is 0 Å². The van der Waals surface area contributed by atoms with E-state index in [1.165, 1.54) is 10.5 Å². The fourth-order valence-electron chi connectivity index (χ4n) is 1.05. The molecule has 0 amide bonds. The topological polar surface area (TPSA) is 0 Å². The zero-order chi connectivity index (χ0) is 9.68. The molecule has 0 N–H and O–H groups in total. The molecular weight excluding hydrogens is 196 g/mol. The molecular formula is C11H14S2. The van der Waals surface area contributed by atoms with Crippen molar-refractivity contribution < 1.29 is 0 Å². The highest BCUT2D eigenvalue weighted by atomic mass is 32.2. The molecule has 0 fully saturated rings. The summed E-state index contributed by atoms with van der Waals surface area (Å²) in [7, 11) is 0. The van der Waals surface area contributed by atoms with Gasteiger partial charge in [0.1, 0.15) is 0 Å². The maximum atomic E-state index is 5.26. The van der Waals surface area contributed by atoms with Crippen LogP contribution in [-0.2, 0) is 0 Å². The van der Waals surface area contributed by atoms with Gasteiger partial charge in [-0.3, -0.25) is 0 Å². The lowest BCUT2D eigenvalue weighted by molar-refractivity contribution is 1.01. The molecule has 0 bridgehead atoms. The Balaban J connectivity index is 2.63. The van der Waals surface area contributed by atoms with E-state index in [0.717, 1.165) is 17.0 Å². The van der Waals surface area contributed by atoms with Gasteiger partial charge in [0.15, 0.2) is 0 Å². The van der Waals surface area contributed by atoms with E-state index in [0.29, 0.717) is 0 Å². The Morgan fingerprint density at radius 2 is 2.08 bits per heavy atom. The Morgan fingerprint density at radius 3 is 2.69 bits per heavy atom. The van der Waals surface area contributed by atoms with Crippen LogP contribution in [0.5, 0.6) is 0 Å². The van der Waals surface area contributed by atoms with Crippen molar-refractivity contribution in [3.8, 4) is 0 Å². The minimum Gasteiger partial charge on any atom is -0.0825 e. The van der Waals surface area contributed by atoms with E-state index in [1.807, 2.05) is 0 Å². The van der Waals surface area contributed by atoms with Gasteiger partial charge in [0.2, 0.25) is 0 Å². The van der Waals surface area contributed by atoms with Crippen LogP contribution in [0.15, 0.2) is 29.2 Å². The van der Waals surface area contributed by atoms with Crippen molar-refractivity contribution in [3.05, 3.63) is 29.8 Å². The summed E-state index contributed by atoms with van der Waals surface area (Å²) in [5, 5.41) is 0. The van der Waals surface area contributed by atoms with E-state index >= 15 is 0 Å². The van der Waals surface area contributed by atoms with Crippen molar-refractivity contribution in [1.29, 1.82) is 0 Å². The van der Waals surface area contributed by atoms with Gasteiger partial charge in [-0.25, -0.2) is 0 Å². The molecule has 1 aromatic carbocycles. The highest BCUT2D eigenvalue weighted by molar-refractivity contribution is 8.23. The summed E-state index contributed by atoms with van der Waals surface area (Å²) in [6, 6.07) is 8.37. The smallest absolute Gasteiger partial charge is 0.0527 e. The van der Waals surface area contributed by atoms with Gasteiger partial charge in [0.05, 0.1) is 4.20 Å². The second-order valence-electron chi connectivity index (χ2n) is 2.99. The molecule has 0 saturated heterocycles. The summed E-state index contributed by atoms with van der Waals surface area (Å²) in [5.74, 6) is 0. The Morgan fingerprint density at radius 1 is 1.38 bits per heavy atom. The lowest BCUT2D eigenvalue weighted by Crippen LogP contribution is -1.87. The molecule has 1 aromatic rings. The first kappa shape index (κ1) is 10.7. The molecule has 0 heterocycles. The van der Waals surface area contributed by atoms with E-state index < -0.39 is 0 Å². The first-order valence-electron chi connectivity index (χ1n) is 4.50. The molecule has 0 saturated carbocycles. The summed E-state index contributed by atoms with van der Waals surface area (Å²) in [5.41, 5.74) is 1.31. The summed E-state index contributed by atoms with van der Waals surface area (Å²) in [6.45, 7) is 4.28. The van der Waals surface area contributed by atoms with Gasteiger partial charge >= 0.3 is 0 Å². The Labute approximate surface area is 89.7 Å². The van der Waals surface area contributed by atoms with Crippen LogP contribution in [0.1, 0.15) is 25.3 Å². The highest BCUT2D eigenvalue weighted by Gasteiger charge is 2.01. The number of aryl methyl sites for hydroxylation is 1. The van der Waals surface area contributed by atoms with Gasteiger partial charge in [0, 0.05) is 4.90 Å². The zero-order valence-electron chi connectivity index (χ0n) is 8.04. The quantitative estimate of drug-likeness (QED) is 0.541. The van der Waals surface area contributed by atoms with Crippen molar-refractivity contribution in [3.63, 3.8) is 0 Å². The first-order chi connectivity index (χ1) is 6.24. The van der Waals surface area contributed by atoms with E-state index in [-0.39, 0.29) is 0 Å². The molecule has 0 aliphatic heterocycles. The van der Waals surface area contributed by atoms with Crippen LogP contribution in [0, 0.1) is 6.92 Å². The minimum atomic E-state index is 1.04. The predicted octanol–water partition coefficient (Wildman–Crippen LogP) is 4.21. The summed E-state index contributed by atoms with van der Waals surface area (Å²) >= 11 is 6.98. The van der Waals surface area contributed by atoms with Crippen LogP contribution < -0.4 is 0 Å². The lowest BCUT2D eigenvalue weighted by Gasteiger charge is -2.04. The van der Waals surface area contributed by atoms with Crippen molar-refractivity contribution in [1.82, 2.24) is 0 Å². The molecule has 0 nitrogen and oxygen atoms in total. The van der Waals surface area contributed by atoms with Crippen molar-refractivity contribution >= 4 is 28.2 Å². The number of hydrogen-bond acceptors (Lipinski definition) is 2. The van der Waals surface area contributed by atoms with E-state index in [2.05, 4.69) is 38.1 Å². The summed E-state index contributed by atoms with van der Waals surface area (Å²) < 4.78 is 1.09. The third-order valence-electron chi connectivity index (χ3n) is 1.77. The van der Waals surface area contributed by atoms with Crippen LogP contribution in [0.3, 0.4) is 0 Å². The molecule has 0 aliphatic rings. The average molecular weight is 210 g/mol. The average Bonchev–Trinajstić information content (AvgIpc) is 2.09. The molecule has 0 spiro atoms. The number of rotatable bonds is 3. The third kappa shape index (κ3) is 3.49. The normalized spacial score (nSPS) is 10.0. The summed E-state index contributed by atoms with van der Waals surface area (Å²) in [4.78, 5) is 1.29. The summed E-state index contributed by atoms with van der Waals surface area (Å²) in [6.07, 6.45) is 2.17. The molecule has 2 heteroatoms. The van der Waals surface area contributed by atoms with Gasteiger partial charge in [-0.1, -0.05) is 55.5 Å². The molecule has 0 aromatic heterocycles. The molecule has 0 radical (unpaired) electrons. The van der Waals surface area contributed by atoms with Gasteiger partial charge in [-0.15, -0.1) is 0 Å². The van der Waals surface area contributed by atoms with Crippen molar-refractivity contribution in [2.45, 2.75) is 31.6 Å². The number of hydrogen-bond donors (Lipinski definition) is 0. The number of thiocarbonyl (C=S) groups is 1. The van der Waals surface area contributed by atoms with Gasteiger partial charge in [-0.2, -0.15) is 0 Å². The second-order valence-corrected chi connectivity index (χ2v) is 4.88. The van der Waals surface area contributed by atoms with Gasteiger partial charge in [0.25, 0.3) is 0 Å². The molecule has 0 unspecified atom stereocenters. The van der Waals surface area contributed by atoms with Crippen LogP contribution >= 0.6 is 24.0 Å². The van der Waals surface area contributed by atoms with E-state index in [1.54, 1.807) is 11.8 Å². The molecule has 70 valence electrons. The Kier molecular flexibility index (Phi) is 4.46. The van der Waals surface area contributed by atoms with Crippen molar-refractivity contribution in [2.75, 3.05) is 0 Å². The Bertz CT molecular complexity index is 292. The number of benzene rings is 1. The van der Waals surface area contributed by atoms with Crippen LogP contribution in [0.25, 0.3) is 0 Å². The zero-order valence-corrected chi connectivity index (χ0v) is 9.67. The third-order valence-corrected chi connectivity index (χ3v) is 3.34. The highest BCUT2D eigenvalue weighted by Crippen LogP contribution is 2.24. The minimum absolute atomic E-state index is 1.04. The fourth-order valence-corrected chi connectivity index (χ4v) is 2.45. The van der Waals surface area contributed by atoms with Crippen LogP contribution in [-0.4, -0.2) is 4.20 Å². The van der Waals surface area contributed by atoms with Crippen LogP contribution in [0.4, 0.5) is 0 Å². The van der Waals surface area contributed by atoms with Gasteiger partial charge in [-0.05, 0) is 25.0 Å². The maximum Gasteiger partial charge on any atom is 0.0527 e. The second kappa shape index (κ2) is 5.40. The molecule has 1 rings (SSSR count). The maximum absolute atomic E-state index is 5.26. The predicted molar refractivity (Wildman–Crippen MR) is 64.5 cm³/mol. The number of thioether (sulfide) groups is 1. The lowest BCUT2D eigenvalue weighted by atomic mass is 10.2. The van der Waals surface area contributed by atoms with E-state index in [9.17, 15) is 0 Å². The molecule has 0 atom stereocenters. The standard InChI is InChI=1S/C11H14S2/c1-3-6-11(12)13-10-8-5-4-7-9(10)2/h4-5,7-8H,3,6H2,1-2H3. The van der Waals surface area contributed by atoms with Crippen molar-refractivity contribution in [2.24, 2.45) is 0 Å².